The average molecular weight is 587 g/mol. The number of thioether (sulfide) groups is 1. The lowest BCUT2D eigenvalue weighted by Crippen LogP contribution is -2.43. The Bertz CT molecular complexity index is 1570. The number of benzene rings is 3. The van der Waals surface area contributed by atoms with Crippen molar-refractivity contribution in [2.75, 3.05) is 51.7 Å². The molecule has 0 fully saturated rings. The highest BCUT2D eigenvalue weighted by atomic mass is 32.2. The van der Waals surface area contributed by atoms with Gasteiger partial charge in [0.25, 0.3) is 0 Å². The Morgan fingerprint density at radius 2 is 1.79 bits per heavy atom. The standard InChI is InChI=1S/C32H34N4O5S/c1-21-9-8-12-24(17-21)36-32-29(30(34-36)22-10-6-5-7-11-22)31(23-13-14-25(40-3)26(18-23)41-4)42-20-28(38)35(32)19-27(37)33-15-16-39-2/h5-14,17-18,31H,15-16,19-20H2,1-4H3,(H,33,37)/t31-/m1/s1. The molecule has 1 aliphatic rings. The van der Waals surface area contributed by atoms with Gasteiger partial charge >= 0.3 is 0 Å². The van der Waals surface area contributed by atoms with Crippen LogP contribution < -0.4 is 19.7 Å². The number of nitrogens with one attached hydrogen (secondary N) is 1. The summed E-state index contributed by atoms with van der Waals surface area (Å²) in [7, 11) is 4.78. The van der Waals surface area contributed by atoms with Crippen LogP contribution in [0.2, 0.25) is 0 Å². The number of hydrogen-bond acceptors (Lipinski definition) is 7. The first-order chi connectivity index (χ1) is 20.4. The summed E-state index contributed by atoms with van der Waals surface area (Å²) in [6, 6.07) is 23.7. The van der Waals surface area contributed by atoms with Crippen LogP contribution in [0.25, 0.3) is 16.9 Å². The molecule has 2 heterocycles. The second-order valence-corrected chi connectivity index (χ2v) is 10.9. The lowest BCUT2D eigenvalue weighted by atomic mass is 9.99. The van der Waals surface area contributed by atoms with Gasteiger partial charge in [-0.05, 0) is 42.3 Å². The van der Waals surface area contributed by atoms with Crippen LogP contribution in [0.5, 0.6) is 11.5 Å². The number of carbonyl (C=O) groups is 2. The van der Waals surface area contributed by atoms with Crippen LogP contribution in [0.3, 0.4) is 0 Å². The van der Waals surface area contributed by atoms with Gasteiger partial charge < -0.3 is 19.5 Å². The highest BCUT2D eigenvalue weighted by Crippen LogP contribution is 2.49. The van der Waals surface area contributed by atoms with Crippen molar-refractivity contribution in [3.8, 4) is 28.4 Å². The largest absolute Gasteiger partial charge is 0.493 e. The van der Waals surface area contributed by atoms with E-state index in [1.807, 2.05) is 79.7 Å². The van der Waals surface area contributed by atoms with Crippen molar-refractivity contribution in [2.24, 2.45) is 0 Å². The topological polar surface area (TPSA) is 94.9 Å². The van der Waals surface area contributed by atoms with Gasteiger partial charge in [0.05, 0.1) is 43.2 Å². The molecule has 0 bridgehead atoms. The maximum atomic E-state index is 13.9. The molecule has 218 valence electrons. The molecule has 0 saturated heterocycles. The highest BCUT2D eigenvalue weighted by Gasteiger charge is 2.38. The van der Waals surface area contributed by atoms with Crippen LogP contribution in [0.1, 0.15) is 21.9 Å². The van der Waals surface area contributed by atoms with Crippen molar-refractivity contribution >= 4 is 29.4 Å². The van der Waals surface area contributed by atoms with E-state index in [1.165, 1.54) is 11.8 Å². The summed E-state index contributed by atoms with van der Waals surface area (Å²) >= 11 is 1.50. The third kappa shape index (κ3) is 6.00. The van der Waals surface area contributed by atoms with Gasteiger partial charge in [-0.25, -0.2) is 4.68 Å². The van der Waals surface area contributed by atoms with Crippen molar-refractivity contribution in [1.29, 1.82) is 0 Å². The molecule has 42 heavy (non-hydrogen) atoms. The van der Waals surface area contributed by atoms with Gasteiger partial charge in [0.1, 0.15) is 12.4 Å². The van der Waals surface area contributed by atoms with E-state index in [0.717, 1.165) is 33.6 Å². The van der Waals surface area contributed by atoms with Gasteiger partial charge in [-0.2, -0.15) is 5.10 Å². The smallest absolute Gasteiger partial charge is 0.240 e. The summed E-state index contributed by atoms with van der Waals surface area (Å²) in [5.74, 6) is 1.48. The predicted molar refractivity (Wildman–Crippen MR) is 165 cm³/mol. The van der Waals surface area contributed by atoms with Gasteiger partial charge in [0.2, 0.25) is 11.8 Å². The molecule has 1 aromatic heterocycles. The molecule has 1 aliphatic heterocycles. The zero-order valence-corrected chi connectivity index (χ0v) is 24.9. The number of ether oxygens (including phenoxy) is 3. The summed E-state index contributed by atoms with van der Waals surface area (Å²) in [5, 5.41) is 7.70. The van der Waals surface area contributed by atoms with Crippen molar-refractivity contribution in [3.05, 3.63) is 89.5 Å². The third-order valence-electron chi connectivity index (χ3n) is 7.02. The summed E-state index contributed by atoms with van der Waals surface area (Å²) in [6.45, 7) is 2.58. The number of rotatable bonds is 10. The molecule has 4 aromatic rings. The molecular formula is C32H34N4O5S. The molecule has 0 saturated carbocycles. The Labute approximate surface area is 249 Å². The number of aromatic nitrogens is 2. The molecule has 0 aliphatic carbocycles. The molecule has 10 heteroatoms. The van der Waals surface area contributed by atoms with E-state index < -0.39 is 0 Å². The van der Waals surface area contributed by atoms with E-state index in [0.29, 0.717) is 30.5 Å². The fourth-order valence-corrected chi connectivity index (χ4v) is 6.23. The molecule has 3 aromatic carbocycles. The van der Waals surface area contributed by atoms with Crippen LogP contribution in [-0.4, -0.2) is 68.4 Å². The van der Waals surface area contributed by atoms with Crippen LogP contribution in [-0.2, 0) is 14.3 Å². The van der Waals surface area contributed by atoms with Crippen LogP contribution in [0, 0.1) is 6.92 Å². The summed E-state index contributed by atoms with van der Waals surface area (Å²) < 4.78 is 18.0. The zero-order valence-electron chi connectivity index (χ0n) is 24.1. The second-order valence-electron chi connectivity index (χ2n) is 9.83. The zero-order chi connectivity index (χ0) is 29.6. The SMILES string of the molecule is COCCNC(=O)CN1C(=O)CS[C@H](c2ccc(OC)c(OC)c2)c2c(-c3ccccc3)nn(-c3cccc(C)c3)c21. The van der Waals surface area contributed by atoms with Crippen molar-refractivity contribution in [3.63, 3.8) is 0 Å². The second kappa shape index (κ2) is 13.1. The molecular weight excluding hydrogens is 552 g/mol. The molecule has 0 spiro atoms. The van der Waals surface area contributed by atoms with E-state index in [-0.39, 0.29) is 29.4 Å². The van der Waals surface area contributed by atoms with Crippen LogP contribution in [0.15, 0.2) is 72.8 Å². The quantitative estimate of drug-likeness (QED) is 0.267. The molecule has 1 N–H and O–H groups in total. The maximum Gasteiger partial charge on any atom is 0.240 e. The molecule has 1 atom stereocenters. The number of anilines is 1. The van der Waals surface area contributed by atoms with Crippen molar-refractivity contribution in [2.45, 2.75) is 12.2 Å². The molecule has 0 radical (unpaired) electrons. The first-order valence-corrected chi connectivity index (χ1v) is 14.6. The minimum Gasteiger partial charge on any atom is -0.493 e. The number of amides is 2. The van der Waals surface area contributed by atoms with Crippen LogP contribution in [0.4, 0.5) is 5.82 Å². The average Bonchev–Trinajstić information content (AvgIpc) is 3.34. The Kier molecular flexibility index (Phi) is 9.14. The summed E-state index contributed by atoms with van der Waals surface area (Å²) in [6.07, 6.45) is 0. The maximum absolute atomic E-state index is 13.9. The molecule has 0 unspecified atom stereocenters. The van der Waals surface area contributed by atoms with Crippen molar-refractivity contribution < 1.29 is 23.8 Å². The number of nitrogens with zero attached hydrogens (tertiary/aromatic N) is 3. The summed E-state index contributed by atoms with van der Waals surface area (Å²) in [4.78, 5) is 28.5. The Hall–Kier alpha value is -4.28. The molecule has 2 amide bonds. The van der Waals surface area contributed by atoms with Gasteiger partial charge in [0, 0.05) is 24.8 Å². The minimum atomic E-state index is -0.293. The van der Waals surface area contributed by atoms with Gasteiger partial charge in [-0.3, -0.25) is 14.5 Å². The number of fused-ring (bicyclic) bond motifs is 1. The fourth-order valence-electron chi connectivity index (χ4n) is 5.04. The monoisotopic (exact) mass is 586 g/mol. The Balaban J connectivity index is 1.76. The number of aryl methyl sites for hydroxylation is 1. The van der Waals surface area contributed by atoms with Crippen molar-refractivity contribution in [1.82, 2.24) is 15.1 Å². The first-order valence-electron chi connectivity index (χ1n) is 13.6. The normalized spacial score (nSPS) is 14.7. The predicted octanol–water partition coefficient (Wildman–Crippen LogP) is 4.80. The van der Waals surface area contributed by atoms with Gasteiger partial charge in [-0.1, -0.05) is 48.5 Å². The number of methoxy groups -OCH3 is 3. The highest BCUT2D eigenvalue weighted by molar-refractivity contribution is 8.00. The van der Waals surface area contributed by atoms with Gasteiger partial charge in [0.15, 0.2) is 11.5 Å². The first kappa shape index (κ1) is 29.2. The summed E-state index contributed by atoms with van der Waals surface area (Å²) in [5.41, 5.74) is 5.26. The Morgan fingerprint density at radius 1 is 1.00 bits per heavy atom. The van der Waals surface area contributed by atoms with E-state index in [9.17, 15) is 9.59 Å². The third-order valence-corrected chi connectivity index (χ3v) is 8.28. The van der Waals surface area contributed by atoms with E-state index in [2.05, 4.69) is 5.32 Å². The lowest BCUT2D eigenvalue weighted by Gasteiger charge is -2.23. The molecule has 5 rings (SSSR count). The Morgan fingerprint density at radius 3 is 2.50 bits per heavy atom. The minimum absolute atomic E-state index is 0.152. The van der Waals surface area contributed by atoms with Crippen LogP contribution >= 0.6 is 11.8 Å². The number of hydrogen-bond donors (Lipinski definition) is 1. The van der Waals surface area contributed by atoms with Gasteiger partial charge in [-0.15, -0.1) is 11.8 Å². The van der Waals surface area contributed by atoms with E-state index >= 15 is 0 Å². The number of carbonyl (C=O) groups excluding carboxylic acids is 2. The van der Waals surface area contributed by atoms with E-state index in [1.54, 1.807) is 30.9 Å². The van der Waals surface area contributed by atoms with E-state index in [4.69, 9.17) is 19.3 Å². The fraction of sp³-hybridized carbons (Fsp3) is 0.281. The molecule has 9 nitrogen and oxygen atoms in total. The lowest BCUT2D eigenvalue weighted by molar-refractivity contribution is -0.123.